The van der Waals surface area contributed by atoms with Gasteiger partial charge in [0.05, 0.1) is 25.3 Å². The number of aliphatic hydroxyl groups excluding tert-OH is 2. The van der Waals surface area contributed by atoms with Crippen LogP contribution in [0.3, 0.4) is 0 Å². The average Bonchev–Trinajstić information content (AvgIpc) is 3.30. The molecule has 0 aliphatic heterocycles. The minimum Gasteiger partial charge on any atom is -0.390 e. The summed E-state index contributed by atoms with van der Waals surface area (Å²) in [5.41, 5.74) is 0. The van der Waals surface area contributed by atoms with Crippen molar-refractivity contribution >= 4 is 11.9 Å². The Balaban J connectivity index is 1.54. The highest BCUT2D eigenvalue weighted by atomic mass is 16.6. The highest BCUT2D eigenvalue weighted by Crippen LogP contribution is 2.08. The zero-order valence-electron chi connectivity index (χ0n) is 15.6. The van der Waals surface area contributed by atoms with Crippen LogP contribution < -0.4 is 10.6 Å². The molecular weight excluding hydrogens is 388 g/mol. The Morgan fingerprint density at radius 2 is 1.31 bits per heavy atom. The molecule has 4 N–H and O–H groups in total. The minimum atomic E-state index is -0.802. The molecule has 29 heavy (non-hydrogen) atoms. The maximum absolute atomic E-state index is 10.8. The maximum Gasteiger partial charge on any atom is 0.434 e. The van der Waals surface area contributed by atoms with E-state index in [9.17, 15) is 30.4 Å². The van der Waals surface area contributed by atoms with Gasteiger partial charge >= 0.3 is 11.9 Å². The molecule has 0 bridgehead atoms. The third-order valence-electron chi connectivity index (χ3n) is 4.00. The SMILES string of the molecule is O=[N+]([O-])c1nccn1CC(O)CNCCCNCC(O)Cn1ccnc1[N+](=O)[O-]. The summed E-state index contributed by atoms with van der Waals surface area (Å²) in [7, 11) is 0. The second-order valence-electron chi connectivity index (χ2n) is 6.34. The predicted octanol–water partition coefficient (Wildman–Crippen LogP) is -1.11. The zero-order chi connectivity index (χ0) is 21.2. The van der Waals surface area contributed by atoms with Crippen LogP contribution in [0.2, 0.25) is 0 Å². The van der Waals surface area contributed by atoms with Gasteiger partial charge in [-0.3, -0.25) is 0 Å². The van der Waals surface area contributed by atoms with Gasteiger partial charge in [-0.25, -0.2) is 9.13 Å². The number of hydrogen-bond acceptors (Lipinski definition) is 10. The lowest BCUT2D eigenvalue weighted by Crippen LogP contribution is -2.34. The van der Waals surface area contributed by atoms with Crippen molar-refractivity contribution < 1.29 is 20.1 Å². The number of nitrogens with zero attached hydrogens (tertiary/aromatic N) is 6. The Hall–Kier alpha value is -2.94. The first-order valence-electron chi connectivity index (χ1n) is 8.97. The molecule has 2 aromatic heterocycles. The molecule has 160 valence electrons. The highest BCUT2D eigenvalue weighted by Gasteiger charge is 2.18. The number of aliphatic hydroxyl groups is 2. The van der Waals surface area contributed by atoms with Gasteiger partial charge in [-0.2, -0.15) is 0 Å². The lowest BCUT2D eigenvalue weighted by atomic mass is 10.3. The summed E-state index contributed by atoms with van der Waals surface area (Å²) in [4.78, 5) is 27.6. The van der Waals surface area contributed by atoms with Crippen molar-refractivity contribution in [3.63, 3.8) is 0 Å². The number of imidazole rings is 2. The van der Waals surface area contributed by atoms with Gasteiger partial charge in [0.15, 0.2) is 0 Å². The van der Waals surface area contributed by atoms with Crippen LogP contribution >= 0.6 is 0 Å². The molecule has 0 aliphatic rings. The molecule has 2 aromatic rings. The monoisotopic (exact) mass is 412 g/mol. The van der Waals surface area contributed by atoms with Crippen molar-refractivity contribution in [2.24, 2.45) is 0 Å². The zero-order valence-corrected chi connectivity index (χ0v) is 15.6. The molecule has 0 spiro atoms. The van der Waals surface area contributed by atoms with E-state index in [0.29, 0.717) is 13.1 Å². The highest BCUT2D eigenvalue weighted by molar-refractivity contribution is 5.07. The standard InChI is InChI=1S/C15H24N8O6/c24-12(10-20-6-4-18-14(20)22(26)27)8-16-2-1-3-17-9-13(25)11-21-7-5-19-15(21)23(28)29/h4-7,12-13,16-17,24-25H,1-3,8-11H2. The van der Waals surface area contributed by atoms with E-state index in [-0.39, 0.29) is 38.1 Å². The van der Waals surface area contributed by atoms with Gasteiger partial charge in [0, 0.05) is 13.1 Å². The number of hydrogen-bond donors (Lipinski definition) is 4. The Morgan fingerprint density at radius 1 is 0.897 bits per heavy atom. The van der Waals surface area contributed by atoms with Crippen molar-refractivity contribution in [1.82, 2.24) is 29.7 Å². The fourth-order valence-corrected chi connectivity index (χ4v) is 2.69. The van der Waals surface area contributed by atoms with Gasteiger partial charge < -0.3 is 41.1 Å². The number of rotatable bonds is 14. The quantitative estimate of drug-likeness (QED) is 0.168. The molecule has 0 aliphatic carbocycles. The van der Waals surface area contributed by atoms with Crippen LogP contribution in [0.1, 0.15) is 6.42 Å². The molecule has 2 unspecified atom stereocenters. The summed E-state index contributed by atoms with van der Waals surface area (Å²) in [6.45, 7) is 1.85. The van der Waals surface area contributed by atoms with Crippen LogP contribution in [0.4, 0.5) is 11.9 Å². The van der Waals surface area contributed by atoms with Crippen molar-refractivity contribution in [2.45, 2.75) is 31.7 Å². The van der Waals surface area contributed by atoms with E-state index in [1.165, 1.54) is 33.9 Å². The topological polar surface area (TPSA) is 186 Å². The van der Waals surface area contributed by atoms with Gasteiger partial charge in [0.2, 0.25) is 0 Å². The summed E-state index contributed by atoms with van der Waals surface area (Å²) < 4.78 is 2.56. The van der Waals surface area contributed by atoms with Crippen LogP contribution in [-0.2, 0) is 13.1 Å². The van der Waals surface area contributed by atoms with Crippen LogP contribution in [0.5, 0.6) is 0 Å². The lowest BCUT2D eigenvalue weighted by Gasteiger charge is -2.13. The molecule has 14 nitrogen and oxygen atoms in total. The normalized spacial score (nSPS) is 13.3. The fourth-order valence-electron chi connectivity index (χ4n) is 2.69. The lowest BCUT2D eigenvalue weighted by molar-refractivity contribution is -0.397. The van der Waals surface area contributed by atoms with E-state index >= 15 is 0 Å². The third kappa shape index (κ3) is 7.19. The summed E-state index contributed by atoms with van der Waals surface area (Å²) in [6, 6.07) is 0. The minimum absolute atomic E-state index is 0.0636. The van der Waals surface area contributed by atoms with Crippen LogP contribution in [-0.4, -0.2) is 77.5 Å². The Labute approximate surface area is 165 Å². The Morgan fingerprint density at radius 3 is 1.69 bits per heavy atom. The second kappa shape index (κ2) is 11.2. The molecule has 0 radical (unpaired) electrons. The molecule has 0 fully saturated rings. The molecular formula is C15H24N8O6. The first-order valence-corrected chi connectivity index (χ1v) is 8.97. The van der Waals surface area contributed by atoms with Gasteiger partial charge in [-0.1, -0.05) is 9.97 Å². The van der Waals surface area contributed by atoms with Crippen molar-refractivity contribution in [1.29, 1.82) is 0 Å². The first-order chi connectivity index (χ1) is 13.9. The van der Waals surface area contributed by atoms with E-state index in [0.717, 1.165) is 6.42 Å². The molecule has 0 amide bonds. The molecule has 2 atom stereocenters. The molecule has 0 saturated heterocycles. The third-order valence-corrected chi connectivity index (χ3v) is 4.00. The molecule has 2 rings (SSSR count). The summed E-state index contributed by atoms with van der Waals surface area (Å²) >= 11 is 0. The molecule has 0 aromatic carbocycles. The van der Waals surface area contributed by atoms with E-state index in [1.54, 1.807) is 0 Å². The van der Waals surface area contributed by atoms with Crippen LogP contribution in [0.25, 0.3) is 0 Å². The number of nitrogens with one attached hydrogen (secondary N) is 2. The van der Waals surface area contributed by atoms with Crippen molar-refractivity contribution in [3.8, 4) is 0 Å². The van der Waals surface area contributed by atoms with Crippen molar-refractivity contribution in [3.05, 3.63) is 45.0 Å². The van der Waals surface area contributed by atoms with Gasteiger partial charge in [0.1, 0.15) is 24.8 Å². The molecule has 14 heteroatoms. The van der Waals surface area contributed by atoms with Crippen molar-refractivity contribution in [2.75, 3.05) is 26.2 Å². The van der Waals surface area contributed by atoms with E-state index < -0.39 is 22.1 Å². The van der Waals surface area contributed by atoms with Crippen LogP contribution in [0.15, 0.2) is 24.8 Å². The smallest absolute Gasteiger partial charge is 0.390 e. The molecule has 2 heterocycles. The van der Waals surface area contributed by atoms with Gasteiger partial charge in [0.25, 0.3) is 0 Å². The largest absolute Gasteiger partial charge is 0.434 e. The molecule has 0 saturated carbocycles. The van der Waals surface area contributed by atoms with E-state index in [4.69, 9.17) is 0 Å². The van der Waals surface area contributed by atoms with E-state index in [1.807, 2.05) is 0 Å². The Kier molecular flexibility index (Phi) is 8.60. The van der Waals surface area contributed by atoms with E-state index in [2.05, 4.69) is 20.6 Å². The summed E-state index contributed by atoms with van der Waals surface area (Å²) in [6.07, 6.45) is 4.61. The first kappa shape index (κ1) is 22.4. The number of aromatic nitrogens is 4. The van der Waals surface area contributed by atoms with Gasteiger partial charge in [-0.15, -0.1) is 0 Å². The fraction of sp³-hybridized carbons (Fsp3) is 0.600. The maximum atomic E-state index is 10.8. The average molecular weight is 412 g/mol. The Bertz CT molecular complexity index is 729. The van der Waals surface area contributed by atoms with Gasteiger partial charge in [-0.05, 0) is 29.4 Å². The van der Waals surface area contributed by atoms with Crippen LogP contribution in [0, 0.1) is 20.2 Å². The summed E-state index contributed by atoms with van der Waals surface area (Å²) in [5.74, 6) is -0.624. The summed E-state index contributed by atoms with van der Waals surface area (Å²) in [5, 5.41) is 47.5. The number of nitro groups is 2. The second-order valence-corrected chi connectivity index (χ2v) is 6.34. The predicted molar refractivity (Wildman–Crippen MR) is 100 cm³/mol.